The summed E-state index contributed by atoms with van der Waals surface area (Å²) < 4.78 is 8.61. The number of thiocarbonyl (C=S) groups is 1. The van der Waals surface area contributed by atoms with E-state index in [-0.39, 0.29) is 12.1 Å². The molecular formula is C28H32N4OS. The van der Waals surface area contributed by atoms with Crippen molar-refractivity contribution in [2.75, 3.05) is 4.90 Å². The van der Waals surface area contributed by atoms with Crippen molar-refractivity contribution in [2.45, 2.75) is 75.6 Å². The van der Waals surface area contributed by atoms with Gasteiger partial charge in [-0.25, -0.2) is 0 Å². The van der Waals surface area contributed by atoms with Crippen LogP contribution in [0.3, 0.4) is 0 Å². The maximum Gasteiger partial charge on any atom is 0.174 e. The van der Waals surface area contributed by atoms with Crippen LogP contribution in [0.2, 0.25) is 0 Å². The number of benzene rings is 1. The molecule has 6 rings (SSSR count). The summed E-state index contributed by atoms with van der Waals surface area (Å²) in [5.74, 6) is 0.943. The molecular weight excluding hydrogens is 440 g/mol. The molecule has 2 aromatic heterocycles. The lowest BCUT2D eigenvalue weighted by Gasteiger charge is -2.27. The van der Waals surface area contributed by atoms with Gasteiger partial charge in [-0.1, -0.05) is 18.9 Å². The molecule has 5 nitrogen and oxygen atoms in total. The fraction of sp³-hybridized carbons (Fsp3) is 0.429. The number of anilines is 1. The molecule has 3 aromatic rings. The van der Waals surface area contributed by atoms with Crippen LogP contribution in [-0.4, -0.2) is 20.8 Å². The topological polar surface area (TPSA) is 42.3 Å². The molecule has 3 heterocycles. The quantitative estimate of drug-likeness (QED) is 0.415. The Labute approximate surface area is 207 Å². The monoisotopic (exact) mass is 472 g/mol. The van der Waals surface area contributed by atoms with Crippen LogP contribution in [0.25, 0.3) is 0 Å². The van der Waals surface area contributed by atoms with Gasteiger partial charge in [-0.2, -0.15) is 0 Å². The average molecular weight is 473 g/mol. The molecule has 0 spiro atoms. The molecule has 2 atom stereocenters. The number of aromatic nitrogens is 2. The van der Waals surface area contributed by atoms with E-state index in [1.54, 1.807) is 0 Å². The van der Waals surface area contributed by atoms with Gasteiger partial charge in [0.2, 0.25) is 0 Å². The van der Waals surface area contributed by atoms with Crippen molar-refractivity contribution in [3.05, 3.63) is 78.4 Å². The van der Waals surface area contributed by atoms with Gasteiger partial charge >= 0.3 is 0 Å². The molecule has 0 radical (unpaired) electrons. The fourth-order valence-corrected chi connectivity index (χ4v) is 6.24. The number of hydrogen-bond acceptors (Lipinski definition) is 3. The van der Waals surface area contributed by atoms with Crippen molar-refractivity contribution < 1.29 is 4.74 Å². The summed E-state index contributed by atoms with van der Waals surface area (Å²) in [5, 5.41) is 4.31. The second-order valence-corrected chi connectivity index (χ2v) is 10.2. The van der Waals surface area contributed by atoms with E-state index < -0.39 is 0 Å². The van der Waals surface area contributed by atoms with Crippen LogP contribution >= 0.6 is 12.2 Å². The van der Waals surface area contributed by atoms with E-state index in [0.717, 1.165) is 35.1 Å². The highest BCUT2D eigenvalue weighted by Gasteiger charge is 2.41. The average Bonchev–Trinajstić information content (AvgIpc) is 3.66. The Morgan fingerprint density at radius 3 is 2.41 bits per heavy atom. The van der Waals surface area contributed by atoms with Crippen LogP contribution in [0.1, 0.15) is 80.7 Å². The summed E-state index contributed by atoms with van der Waals surface area (Å²) in [4.78, 5) is 6.93. The Kier molecular flexibility index (Phi) is 6.00. The molecule has 6 heteroatoms. The summed E-state index contributed by atoms with van der Waals surface area (Å²) in [6.07, 6.45) is 16.8. The first-order chi connectivity index (χ1) is 16.8. The third-order valence-electron chi connectivity index (χ3n) is 7.64. The van der Waals surface area contributed by atoms with Crippen molar-refractivity contribution in [3.63, 3.8) is 0 Å². The maximum absolute atomic E-state index is 6.20. The Morgan fingerprint density at radius 1 is 0.912 bits per heavy atom. The minimum absolute atomic E-state index is 0.0115. The summed E-state index contributed by atoms with van der Waals surface area (Å²) in [7, 11) is 0. The Hall–Kier alpha value is -2.86. The van der Waals surface area contributed by atoms with Crippen molar-refractivity contribution in [2.24, 2.45) is 0 Å². The molecule has 3 fully saturated rings. The lowest BCUT2D eigenvalue weighted by atomic mass is 9.98. The van der Waals surface area contributed by atoms with Gasteiger partial charge in [0.05, 0.1) is 23.9 Å². The number of ether oxygens (including phenoxy) is 1. The van der Waals surface area contributed by atoms with Crippen LogP contribution in [0.15, 0.2) is 67.1 Å². The molecule has 0 unspecified atom stereocenters. The van der Waals surface area contributed by atoms with Gasteiger partial charge in [0, 0.05) is 30.3 Å². The number of nitrogens with one attached hydrogen (secondary N) is 1. The largest absolute Gasteiger partial charge is 0.490 e. The zero-order valence-electron chi connectivity index (χ0n) is 19.5. The van der Waals surface area contributed by atoms with E-state index >= 15 is 0 Å². The highest BCUT2D eigenvalue weighted by atomic mass is 32.1. The summed E-state index contributed by atoms with van der Waals surface area (Å²) in [5.41, 5.74) is 3.35. The van der Waals surface area contributed by atoms with Gasteiger partial charge in [0.1, 0.15) is 5.75 Å². The normalized spacial score (nSPS) is 23.5. The van der Waals surface area contributed by atoms with Gasteiger partial charge in [-0.05, 0) is 98.8 Å². The summed E-state index contributed by atoms with van der Waals surface area (Å²) in [6, 6.07) is 17.5. The third kappa shape index (κ3) is 4.20. The second-order valence-electron chi connectivity index (χ2n) is 9.85. The van der Waals surface area contributed by atoms with E-state index in [2.05, 4.69) is 68.6 Å². The fourth-order valence-electron chi connectivity index (χ4n) is 5.89. The number of rotatable bonds is 6. The smallest absolute Gasteiger partial charge is 0.174 e. The Balaban J connectivity index is 1.32. The minimum Gasteiger partial charge on any atom is -0.490 e. The molecule has 0 amide bonds. The standard InChI is InChI=1S/C28H32N4OS/c34-28-30-26(25-11-5-6-17-29-25)27(20-16-18-31(19-20)21-7-1-2-8-21)32(28)22-12-14-24(15-13-22)33-23-9-3-4-10-23/h5-6,11-19,21,23,26-27H,1-4,7-10H2,(H,30,34)/t26-,27+/m0/s1. The minimum atomic E-state index is -0.0115. The Morgan fingerprint density at radius 2 is 1.68 bits per heavy atom. The van der Waals surface area contributed by atoms with E-state index in [9.17, 15) is 0 Å². The lowest BCUT2D eigenvalue weighted by molar-refractivity contribution is 0.210. The predicted octanol–water partition coefficient (Wildman–Crippen LogP) is 6.50. The summed E-state index contributed by atoms with van der Waals surface area (Å²) in [6.45, 7) is 0. The van der Waals surface area contributed by atoms with Gasteiger partial charge in [0.25, 0.3) is 0 Å². The molecule has 34 heavy (non-hydrogen) atoms. The molecule has 0 bridgehead atoms. The molecule has 2 saturated carbocycles. The highest BCUT2D eigenvalue weighted by molar-refractivity contribution is 7.80. The zero-order valence-corrected chi connectivity index (χ0v) is 20.3. The molecule has 2 aliphatic carbocycles. The number of nitrogens with zero attached hydrogens (tertiary/aromatic N) is 3. The second kappa shape index (κ2) is 9.41. The van der Waals surface area contributed by atoms with Crippen molar-refractivity contribution in [3.8, 4) is 5.75 Å². The maximum atomic E-state index is 6.20. The van der Waals surface area contributed by atoms with Gasteiger partial charge in [-0.15, -0.1) is 0 Å². The van der Waals surface area contributed by atoms with Crippen molar-refractivity contribution in [1.82, 2.24) is 14.9 Å². The lowest BCUT2D eigenvalue weighted by Crippen LogP contribution is -2.29. The van der Waals surface area contributed by atoms with E-state index in [0.29, 0.717) is 12.1 Å². The SMILES string of the molecule is S=C1N[C@@H](c2ccccn2)[C@@H](c2ccn(C3CCCC3)c2)N1c1ccc(OC2CCCC2)cc1. The van der Waals surface area contributed by atoms with E-state index in [4.69, 9.17) is 17.0 Å². The molecule has 176 valence electrons. The molecule has 1 N–H and O–H groups in total. The van der Waals surface area contributed by atoms with Crippen LogP contribution in [-0.2, 0) is 0 Å². The molecule has 1 aliphatic heterocycles. The van der Waals surface area contributed by atoms with Crippen LogP contribution in [0.5, 0.6) is 5.75 Å². The van der Waals surface area contributed by atoms with Gasteiger partial charge in [0.15, 0.2) is 5.11 Å². The first kappa shape index (κ1) is 21.7. The molecule has 1 aromatic carbocycles. The zero-order chi connectivity index (χ0) is 22.9. The number of hydrogen-bond donors (Lipinski definition) is 1. The first-order valence-electron chi connectivity index (χ1n) is 12.7. The highest BCUT2D eigenvalue weighted by Crippen LogP contribution is 2.43. The van der Waals surface area contributed by atoms with Crippen molar-refractivity contribution in [1.29, 1.82) is 0 Å². The van der Waals surface area contributed by atoms with Crippen molar-refractivity contribution >= 4 is 23.0 Å². The first-order valence-corrected chi connectivity index (χ1v) is 13.1. The van der Waals surface area contributed by atoms with Gasteiger partial charge < -0.3 is 19.5 Å². The third-order valence-corrected chi connectivity index (χ3v) is 7.96. The molecule has 3 aliphatic rings. The van der Waals surface area contributed by atoms with Crippen LogP contribution in [0.4, 0.5) is 5.69 Å². The Bertz CT molecular complexity index is 1120. The molecule has 1 saturated heterocycles. The van der Waals surface area contributed by atoms with E-state index in [1.165, 1.54) is 44.1 Å². The summed E-state index contributed by atoms with van der Waals surface area (Å²) >= 11 is 5.89. The van der Waals surface area contributed by atoms with Crippen LogP contribution in [0, 0.1) is 0 Å². The predicted molar refractivity (Wildman–Crippen MR) is 139 cm³/mol. The number of pyridine rings is 1. The van der Waals surface area contributed by atoms with Crippen LogP contribution < -0.4 is 15.0 Å². The van der Waals surface area contributed by atoms with E-state index in [1.807, 2.05) is 18.3 Å². The van der Waals surface area contributed by atoms with Gasteiger partial charge in [-0.3, -0.25) is 4.98 Å².